The van der Waals surface area contributed by atoms with Crippen molar-refractivity contribution in [3.05, 3.63) is 71.4 Å². The Kier molecular flexibility index (Phi) is 6.45. The maximum Gasteiger partial charge on any atom is 0.277 e. The lowest BCUT2D eigenvalue weighted by Crippen LogP contribution is -2.65. The van der Waals surface area contributed by atoms with Gasteiger partial charge in [0.05, 0.1) is 12.2 Å². The summed E-state index contributed by atoms with van der Waals surface area (Å²) >= 11 is 0. The van der Waals surface area contributed by atoms with Crippen LogP contribution in [-0.4, -0.2) is 33.2 Å². The molecule has 2 aromatic carbocycles. The lowest BCUT2D eigenvalue weighted by atomic mass is 9.90. The fraction of sp³-hybridized carbons (Fsp3) is 0.433. The maximum atomic E-state index is 14.1. The van der Waals surface area contributed by atoms with Crippen molar-refractivity contribution in [1.82, 2.24) is 15.1 Å². The number of rotatable bonds is 5. The molecule has 0 bridgehead atoms. The molecule has 36 heavy (non-hydrogen) atoms. The highest BCUT2D eigenvalue weighted by atomic mass is 16.2. The molecule has 5 rings (SSSR count). The summed E-state index contributed by atoms with van der Waals surface area (Å²) in [5.41, 5.74) is 4.10. The van der Waals surface area contributed by atoms with Crippen LogP contribution in [0.25, 0.3) is 11.3 Å². The van der Waals surface area contributed by atoms with Crippen molar-refractivity contribution in [3.8, 4) is 11.3 Å². The Morgan fingerprint density at radius 1 is 1.06 bits per heavy atom. The third kappa shape index (κ3) is 4.34. The molecule has 188 valence electrons. The number of anilines is 1. The number of fused-ring (bicyclic) bond motifs is 1. The molecule has 0 unspecified atom stereocenters. The van der Waals surface area contributed by atoms with Crippen molar-refractivity contribution < 1.29 is 9.59 Å². The minimum Gasteiger partial charge on any atom is -0.351 e. The highest BCUT2D eigenvalue weighted by Crippen LogP contribution is 2.36. The number of hydrogen-bond acceptors (Lipinski definition) is 3. The number of amides is 2. The van der Waals surface area contributed by atoms with E-state index in [4.69, 9.17) is 5.10 Å². The van der Waals surface area contributed by atoms with Crippen LogP contribution in [0.3, 0.4) is 0 Å². The number of aryl methyl sites for hydroxylation is 1. The summed E-state index contributed by atoms with van der Waals surface area (Å²) in [5.74, 6) is 0.131. The first-order valence-electron chi connectivity index (χ1n) is 13.2. The van der Waals surface area contributed by atoms with E-state index in [1.165, 1.54) is 12.0 Å². The van der Waals surface area contributed by atoms with E-state index in [9.17, 15) is 9.59 Å². The molecule has 1 aliphatic heterocycles. The zero-order chi connectivity index (χ0) is 25.4. The topological polar surface area (TPSA) is 67.2 Å². The number of para-hydroxylation sites is 1. The zero-order valence-corrected chi connectivity index (χ0v) is 21.8. The van der Waals surface area contributed by atoms with Crippen molar-refractivity contribution in [3.63, 3.8) is 0 Å². The monoisotopic (exact) mass is 484 g/mol. The number of aromatic nitrogens is 2. The molecule has 2 aliphatic rings. The average molecular weight is 485 g/mol. The first kappa shape index (κ1) is 24.3. The van der Waals surface area contributed by atoms with Crippen LogP contribution in [0.15, 0.2) is 54.6 Å². The molecule has 3 aromatic rings. The Labute approximate surface area is 213 Å². The summed E-state index contributed by atoms with van der Waals surface area (Å²) in [4.78, 5) is 29.6. The summed E-state index contributed by atoms with van der Waals surface area (Å²) in [6.07, 6.45) is 5.46. The first-order chi connectivity index (χ1) is 17.3. The Hall–Kier alpha value is -3.41. The normalized spacial score (nSPS) is 20.5. The Bertz CT molecular complexity index is 1270. The molecule has 2 heterocycles. The van der Waals surface area contributed by atoms with Crippen LogP contribution >= 0.6 is 0 Å². The second-order valence-electron chi connectivity index (χ2n) is 10.9. The van der Waals surface area contributed by atoms with Crippen molar-refractivity contribution >= 4 is 17.5 Å². The lowest BCUT2D eigenvalue weighted by Gasteiger charge is -2.44. The van der Waals surface area contributed by atoms with E-state index in [0.29, 0.717) is 18.2 Å². The second kappa shape index (κ2) is 9.57. The summed E-state index contributed by atoms with van der Waals surface area (Å²) in [7, 11) is 0. The molecule has 1 N–H and O–H groups in total. The van der Waals surface area contributed by atoms with Gasteiger partial charge in [0.2, 0.25) is 5.91 Å². The van der Waals surface area contributed by atoms with Gasteiger partial charge in [0.1, 0.15) is 11.2 Å². The van der Waals surface area contributed by atoms with Crippen molar-refractivity contribution in [2.24, 2.45) is 0 Å². The van der Waals surface area contributed by atoms with Crippen molar-refractivity contribution in [1.29, 1.82) is 0 Å². The summed E-state index contributed by atoms with van der Waals surface area (Å²) < 4.78 is 1.73. The van der Waals surface area contributed by atoms with Gasteiger partial charge in [-0.1, -0.05) is 75.6 Å². The van der Waals surface area contributed by atoms with Gasteiger partial charge < -0.3 is 5.32 Å². The Morgan fingerprint density at radius 3 is 2.42 bits per heavy atom. The Balaban J connectivity index is 1.55. The second-order valence-corrected chi connectivity index (χ2v) is 10.9. The van der Waals surface area contributed by atoms with E-state index < -0.39 is 5.54 Å². The van der Waals surface area contributed by atoms with Crippen LogP contribution in [-0.2, 0) is 11.3 Å². The van der Waals surface area contributed by atoms with Crippen molar-refractivity contribution in [2.45, 2.75) is 83.8 Å². The molecule has 2 amide bonds. The SMILES string of the molecule is Cc1ccccc1N1C(=O)c2cc(-c3ccc(C(C)C)cc3)nn2C[C@]1(C)C(=O)NC1CCCCC1. The van der Waals surface area contributed by atoms with Crippen LogP contribution in [0.4, 0.5) is 5.69 Å². The van der Waals surface area contributed by atoms with Crippen molar-refractivity contribution in [2.75, 3.05) is 4.90 Å². The number of carbonyl (C=O) groups excluding carboxylic acids is 2. The zero-order valence-electron chi connectivity index (χ0n) is 21.8. The fourth-order valence-corrected chi connectivity index (χ4v) is 5.54. The minimum atomic E-state index is -1.10. The molecular weight excluding hydrogens is 448 g/mol. The number of carbonyl (C=O) groups is 2. The molecule has 1 aromatic heterocycles. The predicted molar refractivity (Wildman–Crippen MR) is 143 cm³/mol. The minimum absolute atomic E-state index is 0.116. The molecule has 1 fully saturated rings. The van der Waals surface area contributed by atoms with E-state index in [1.54, 1.807) is 9.58 Å². The first-order valence-corrected chi connectivity index (χ1v) is 13.2. The summed E-state index contributed by atoms with van der Waals surface area (Å²) in [6, 6.07) is 18.1. The largest absolute Gasteiger partial charge is 0.351 e. The third-order valence-electron chi connectivity index (χ3n) is 7.81. The summed E-state index contributed by atoms with van der Waals surface area (Å²) in [5, 5.41) is 8.09. The molecule has 1 aliphatic carbocycles. The molecule has 0 saturated heterocycles. The lowest BCUT2D eigenvalue weighted by molar-refractivity contribution is -0.127. The van der Waals surface area contributed by atoms with E-state index >= 15 is 0 Å². The summed E-state index contributed by atoms with van der Waals surface area (Å²) in [6.45, 7) is 8.49. The van der Waals surface area contributed by atoms with Gasteiger partial charge >= 0.3 is 0 Å². The van der Waals surface area contributed by atoms with Gasteiger partial charge in [0, 0.05) is 17.3 Å². The van der Waals surface area contributed by atoms with Gasteiger partial charge in [-0.2, -0.15) is 5.10 Å². The highest BCUT2D eigenvalue weighted by molar-refractivity contribution is 6.12. The van der Waals surface area contributed by atoms with E-state index in [-0.39, 0.29) is 17.9 Å². The van der Waals surface area contributed by atoms with Crippen LogP contribution in [0.2, 0.25) is 0 Å². The Morgan fingerprint density at radius 2 is 1.75 bits per heavy atom. The van der Waals surface area contributed by atoms with Gasteiger partial charge in [-0.05, 0) is 55.9 Å². The number of hydrogen-bond donors (Lipinski definition) is 1. The molecule has 6 heteroatoms. The third-order valence-corrected chi connectivity index (χ3v) is 7.81. The van der Waals surface area contributed by atoms with Crippen LogP contribution < -0.4 is 10.2 Å². The molecule has 1 atom stereocenters. The highest BCUT2D eigenvalue weighted by Gasteiger charge is 2.49. The van der Waals surface area contributed by atoms with E-state index in [2.05, 4.69) is 43.4 Å². The molecule has 0 spiro atoms. The number of nitrogens with one attached hydrogen (secondary N) is 1. The average Bonchev–Trinajstić information content (AvgIpc) is 3.30. The molecule has 0 radical (unpaired) electrons. The number of nitrogens with zero attached hydrogens (tertiary/aromatic N) is 3. The molecular formula is C30H36N4O2. The van der Waals surface area contributed by atoms with E-state index in [0.717, 1.165) is 48.2 Å². The molecule has 1 saturated carbocycles. The van der Waals surface area contributed by atoms with Crippen LogP contribution in [0, 0.1) is 6.92 Å². The fourth-order valence-electron chi connectivity index (χ4n) is 5.54. The maximum absolute atomic E-state index is 14.1. The predicted octanol–water partition coefficient (Wildman–Crippen LogP) is 5.85. The van der Waals surface area contributed by atoms with Gasteiger partial charge in [0.25, 0.3) is 5.91 Å². The number of benzene rings is 2. The van der Waals surface area contributed by atoms with E-state index in [1.807, 2.05) is 44.2 Å². The smallest absolute Gasteiger partial charge is 0.277 e. The standard InChI is InChI=1S/C30H36N4O2/c1-20(2)22-14-16-23(17-15-22)25-18-27-28(35)34(26-13-9-8-10-21(26)3)30(4,19-33(27)32-25)29(36)31-24-11-6-5-7-12-24/h8-10,13-18,20,24H,5-7,11-12,19H2,1-4H3,(H,31,36)/t30-/m1/s1. The van der Waals surface area contributed by atoms with Gasteiger partial charge in [-0.3, -0.25) is 19.2 Å². The van der Waals surface area contributed by atoms with Crippen LogP contribution in [0.5, 0.6) is 0 Å². The van der Waals surface area contributed by atoms with Gasteiger partial charge in [-0.25, -0.2) is 0 Å². The van der Waals surface area contributed by atoms with Gasteiger partial charge in [-0.15, -0.1) is 0 Å². The van der Waals surface area contributed by atoms with Crippen LogP contribution in [0.1, 0.15) is 80.4 Å². The quantitative estimate of drug-likeness (QED) is 0.494. The van der Waals surface area contributed by atoms with Gasteiger partial charge in [0.15, 0.2) is 0 Å². The molecule has 6 nitrogen and oxygen atoms in total.